The molecule has 4 atom stereocenters. The Hall–Kier alpha value is -1.28. The molecule has 1 amide bonds. The molecule has 0 heterocycles. The molecule has 1 aromatic rings. The van der Waals surface area contributed by atoms with Crippen molar-refractivity contribution in [2.75, 3.05) is 5.32 Å². The van der Waals surface area contributed by atoms with Gasteiger partial charge in [0, 0.05) is 10.7 Å². The van der Waals surface area contributed by atoms with Crippen LogP contribution in [-0.4, -0.2) is 5.91 Å². The SMILES string of the molecule is CC(C)C1CCC2=C(CCC3C2(C)CCC[C@@]3(C)C(=O)Nc2ccc(Cl)cc2)C1. The highest BCUT2D eigenvalue weighted by atomic mass is 35.5. The minimum absolute atomic E-state index is 0.190. The van der Waals surface area contributed by atoms with Crippen LogP contribution in [0.4, 0.5) is 5.69 Å². The molecule has 4 rings (SSSR count). The molecule has 29 heavy (non-hydrogen) atoms. The maximum Gasteiger partial charge on any atom is 0.230 e. The van der Waals surface area contributed by atoms with Crippen molar-refractivity contribution in [2.45, 2.75) is 79.1 Å². The van der Waals surface area contributed by atoms with E-state index in [1.165, 1.54) is 32.1 Å². The molecular weight excluding hydrogens is 378 g/mol. The zero-order chi connectivity index (χ0) is 20.8. The van der Waals surface area contributed by atoms with E-state index < -0.39 is 0 Å². The molecule has 2 nitrogen and oxygen atoms in total. The van der Waals surface area contributed by atoms with Crippen LogP contribution in [0.5, 0.6) is 0 Å². The third-order valence-electron chi connectivity index (χ3n) is 8.62. The molecule has 1 N–H and O–H groups in total. The predicted molar refractivity (Wildman–Crippen MR) is 122 cm³/mol. The van der Waals surface area contributed by atoms with Gasteiger partial charge in [0.1, 0.15) is 0 Å². The first-order chi connectivity index (χ1) is 13.7. The van der Waals surface area contributed by atoms with Gasteiger partial charge in [-0.1, -0.05) is 56.9 Å². The molecule has 0 bridgehead atoms. The maximum atomic E-state index is 13.5. The minimum atomic E-state index is -0.305. The molecular formula is C26H36ClNO. The molecule has 3 aliphatic carbocycles. The van der Waals surface area contributed by atoms with Crippen LogP contribution in [0.25, 0.3) is 0 Å². The van der Waals surface area contributed by atoms with Gasteiger partial charge in [-0.2, -0.15) is 0 Å². The second-order valence-corrected chi connectivity index (χ2v) is 11.0. The largest absolute Gasteiger partial charge is 0.326 e. The van der Waals surface area contributed by atoms with Gasteiger partial charge in [0.15, 0.2) is 0 Å². The van der Waals surface area contributed by atoms with Gasteiger partial charge in [-0.3, -0.25) is 4.79 Å². The number of hydrogen-bond acceptors (Lipinski definition) is 1. The van der Waals surface area contributed by atoms with E-state index in [1.54, 1.807) is 11.1 Å². The average molecular weight is 414 g/mol. The van der Waals surface area contributed by atoms with Crippen molar-refractivity contribution < 1.29 is 4.79 Å². The van der Waals surface area contributed by atoms with Gasteiger partial charge in [-0.25, -0.2) is 0 Å². The zero-order valence-corrected chi connectivity index (χ0v) is 19.2. The Morgan fingerprint density at radius 3 is 2.52 bits per heavy atom. The predicted octanol–water partition coefficient (Wildman–Crippen LogP) is 7.64. The van der Waals surface area contributed by atoms with Crippen molar-refractivity contribution in [2.24, 2.45) is 28.6 Å². The number of fused-ring (bicyclic) bond motifs is 2. The number of rotatable bonds is 3. The number of allylic oxidation sites excluding steroid dienone is 2. The molecule has 1 aromatic carbocycles. The van der Waals surface area contributed by atoms with Gasteiger partial charge in [0.25, 0.3) is 0 Å². The van der Waals surface area contributed by atoms with Crippen molar-refractivity contribution in [3.63, 3.8) is 0 Å². The molecule has 3 aliphatic rings. The normalized spacial score (nSPS) is 34.6. The van der Waals surface area contributed by atoms with Crippen molar-refractivity contribution in [3.8, 4) is 0 Å². The summed E-state index contributed by atoms with van der Waals surface area (Å²) in [5.41, 5.74) is 4.22. The fourth-order valence-electron chi connectivity index (χ4n) is 6.83. The Morgan fingerprint density at radius 1 is 1.10 bits per heavy atom. The van der Waals surface area contributed by atoms with Crippen molar-refractivity contribution in [1.82, 2.24) is 0 Å². The number of nitrogens with one attached hydrogen (secondary N) is 1. The van der Waals surface area contributed by atoms with Crippen LogP contribution in [0.3, 0.4) is 0 Å². The second-order valence-electron chi connectivity index (χ2n) is 10.6. The lowest BCUT2D eigenvalue weighted by Crippen LogP contribution is -2.52. The topological polar surface area (TPSA) is 29.1 Å². The van der Waals surface area contributed by atoms with Crippen LogP contribution < -0.4 is 5.32 Å². The maximum absolute atomic E-state index is 13.5. The van der Waals surface area contributed by atoms with Gasteiger partial charge in [0.05, 0.1) is 5.41 Å². The van der Waals surface area contributed by atoms with Crippen LogP contribution in [0.15, 0.2) is 35.4 Å². The second kappa shape index (κ2) is 7.76. The summed E-state index contributed by atoms with van der Waals surface area (Å²) >= 11 is 6.01. The van der Waals surface area contributed by atoms with E-state index in [2.05, 4.69) is 33.0 Å². The quantitative estimate of drug-likeness (QED) is 0.506. The highest BCUT2D eigenvalue weighted by Crippen LogP contribution is 2.62. The summed E-state index contributed by atoms with van der Waals surface area (Å²) in [4.78, 5) is 13.5. The molecule has 158 valence electrons. The Kier molecular flexibility index (Phi) is 5.61. The van der Waals surface area contributed by atoms with E-state index in [1.807, 2.05) is 24.3 Å². The van der Waals surface area contributed by atoms with E-state index in [0.29, 0.717) is 10.9 Å². The molecule has 1 fully saturated rings. The molecule has 0 saturated heterocycles. The average Bonchev–Trinajstić information content (AvgIpc) is 2.69. The third kappa shape index (κ3) is 3.67. The Labute approximate surface area is 181 Å². The number of benzene rings is 1. The summed E-state index contributed by atoms with van der Waals surface area (Å²) < 4.78 is 0. The molecule has 1 saturated carbocycles. The summed E-state index contributed by atoms with van der Waals surface area (Å²) in [5.74, 6) is 2.24. The minimum Gasteiger partial charge on any atom is -0.326 e. The number of carbonyl (C=O) groups excluding carboxylic acids is 1. The summed E-state index contributed by atoms with van der Waals surface area (Å²) in [6, 6.07) is 7.49. The summed E-state index contributed by atoms with van der Waals surface area (Å²) in [7, 11) is 0. The Bertz CT molecular complexity index is 811. The smallest absolute Gasteiger partial charge is 0.230 e. The van der Waals surface area contributed by atoms with Crippen molar-refractivity contribution in [3.05, 3.63) is 40.4 Å². The Balaban J connectivity index is 1.60. The lowest BCUT2D eigenvalue weighted by molar-refractivity contribution is -0.135. The van der Waals surface area contributed by atoms with Gasteiger partial charge in [-0.15, -0.1) is 0 Å². The first kappa shape index (κ1) is 21.0. The van der Waals surface area contributed by atoms with Gasteiger partial charge < -0.3 is 5.32 Å². The van der Waals surface area contributed by atoms with E-state index in [9.17, 15) is 4.79 Å². The van der Waals surface area contributed by atoms with E-state index >= 15 is 0 Å². The third-order valence-corrected chi connectivity index (χ3v) is 8.87. The van der Waals surface area contributed by atoms with Crippen LogP contribution in [-0.2, 0) is 4.79 Å². The van der Waals surface area contributed by atoms with Gasteiger partial charge >= 0.3 is 0 Å². The number of amides is 1. The van der Waals surface area contributed by atoms with Crippen molar-refractivity contribution >= 4 is 23.2 Å². The van der Waals surface area contributed by atoms with E-state index in [-0.39, 0.29) is 16.7 Å². The first-order valence-electron chi connectivity index (χ1n) is 11.5. The van der Waals surface area contributed by atoms with Crippen LogP contribution >= 0.6 is 11.6 Å². The lowest BCUT2D eigenvalue weighted by atomic mass is 9.48. The molecule has 0 aromatic heterocycles. The van der Waals surface area contributed by atoms with E-state index in [4.69, 9.17) is 11.6 Å². The highest BCUT2D eigenvalue weighted by Gasteiger charge is 2.55. The summed E-state index contributed by atoms with van der Waals surface area (Å²) in [5, 5.41) is 3.91. The molecule has 0 radical (unpaired) electrons. The molecule has 3 heteroatoms. The van der Waals surface area contributed by atoms with Crippen LogP contribution in [0, 0.1) is 28.6 Å². The van der Waals surface area contributed by atoms with E-state index in [0.717, 1.165) is 36.8 Å². The molecule has 3 unspecified atom stereocenters. The molecule has 0 aliphatic heterocycles. The lowest BCUT2D eigenvalue weighted by Gasteiger charge is -2.56. The van der Waals surface area contributed by atoms with Crippen LogP contribution in [0.1, 0.15) is 79.1 Å². The van der Waals surface area contributed by atoms with Crippen molar-refractivity contribution in [1.29, 1.82) is 0 Å². The monoisotopic (exact) mass is 413 g/mol. The fraction of sp³-hybridized carbons (Fsp3) is 0.654. The fourth-order valence-corrected chi connectivity index (χ4v) is 6.96. The first-order valence-corrected chi connectivity index (χ1v) is 11.9. The summed E-state index contributed by atoms with van der Waals surface area (Å²) in [6.07, 6.45) is 9.60. The molecule has 0 spiro atoms. The van der Waals surface area contributed by atoms with Gasteiger partial charge in [-0.05, 0) is 92.4 Å². The van der Waals surface area contributed by atoms with Gasteiger partial charge in [0.2, 0.25) is 5.91 Å². The summed E-state index contributed by atoms with van der Waals surface area (Å²) in [6.45, 7) is 9.46. The number of hydrogen-bond donors (Lipinski definition) is 1. The number of anilines is 1. The standard InChI is InChI=1S/C26H36ClNO/c1-17(2)18-6-12-22-19(16-18)7-13-23-25(22,3)14-5-15-26(23,4)24(29)28-21-10-8-20(27)9-11-21/h8-11,17-18,23H,5-7,12-16H2,1-4H3,(H,28,29)/t18?,23?,25?,26-/m1/s1. The van der Waals surface area contributed by atoms with Crippen LogP contribution in [0.2, 0.25) is 5.02 Å². The highest BCUT2D eigenvalue weighted by molar-refractivity contribution is 6.30. The zero-order valence-electron chi connectivity index (χ0n) is 18.5. The number of halogens is 1. The Morgan fingerprint density at radius 2 is 1.83 bits per heavy atom. The number of carbonyl (C=O) groups is 1.